The third-order valence-electron chi connectivity index (χ3n) is 5.46. The van der Waals surface area contributed by atoms with Gasteiger partial charge < -0.3 is 10.2 Å². The SMILES string of the molecule is CC(=O)c1ccc(S(=O)(=O)Nc2ccc(C(=O)Nc3cccc(N4CCCC4=O)c3)cc2)cc1. The Hall–Kier alpha value is -3.98. The number of carbonyl (C=O) groups excluding carboxylic acids is 3. The Balaban J connectivity index is 1.43. The molecule has 0 spiro atoms. The molecular formula is C25H23N3O5S. The van der Waals surface area contributed by atoms with Crippen LogP contribution in [0, 0.1) is 0 Å². The molecule has 1 aliphatic heterocycles. The Bertz CT molecular complexity index is 1350. The van der Waals surface area contributed by atoms with Crippen LogP contribution in [0.3, 0.4) is 0 Å². The zero-order chi connectivity index (χ0) is 24.3. The van der Waals surface area contributed by atoms with E-state index in [1.54, 1.807) is 23.1 Å². The van der Waals surface area contributed by atoms with E-state index in [2.05, 4.69) is 10.0 Å². The third-order valence-corrected chi connectivity index (χ3v) is 6.86. The normalized spacial score (nSPS) is 13.6. The molecule has 0 radical (unpaired) electrons. The van der Waals surface area contributed by atoms with Crippen molar-refractivity contribution >= 4 is 44.7 Å². The monoisotopic (exact) mass is 477 g/mol. The molecule has 1 aliphatic rings. The maximum atomic E-state index is 12.7. The predicted octanol–water partition coefficient (Wildman–Crippen LogP) is 4.07. The minimum absolute atomic E-state index is 0.0238. The number of nitrogens with one attached hydrogen (secondary N) is 2. The zero-order valence-corrected chi connectivity index (χ0v) is 19.3. The number of hydrogen-bond acceptors (Lipinski definition) is 5. The van der Waals surface area contributed by atoms with Gasteiger partial charge in [0.25, 0.3) is 15.9 Å². The Kier molecular flexibility index (Phi) is 6.47. The summed E-state index contributed by atoms with van der Waals surface area (Å²) in [6.45, 7) is 2.07. The summed E-state index contributed by atoms with van der Waals surface area (Å²) in [6.07, 6.45) is 1.34. The third kappa shape index (κ3) is 5.15. The lowest BCUT2D eigenvalue weighted by molar-refractivity contribution is -0.117. The van der Waals surface area contributed by atoms with Gasteiger partial charge in [0.2, 0.25) is 5.91 Å². The molecule has 0 atom stereocenters. The molecule has 1 saturated heterocycles. The number of nitrogens with zero attached hydrogens (tertiary/aromatic N) is 1. The predicted molar refractivity (Wildman–Crippen MR) is 130 cm³/mol. The summed E-state index contributed by atoms with van der Waals surface area (Å²) in [5, 5.41) is 2.80. The van der Waals surface area contributed by atoms with Crippen LogP contribution < -0.4 is 14.9 Å². The van der Waals surface area contributed by atoms with Crippen LogP contribution in [0.25, 0.3) is 0 Å². The fraction of sp³-hybridized carbons (Fsp3) is 0.160. The first-order chi connectivity index (χ1) is 16.2. The van der Waals surface area contributed by atoms with Crippen molar-refractivity contribution in [2.45, 2.75) is 24.7 Å². The highest BCUT2D eigenvalue weighted by Gasteiger charge is 2.22. The minimum atomic E-state index is -3.85. The van der Waals surface area contributed by atoms with Gasteiger partial charge in [0.15, 0.2) is 5.78 Å². The van der Waals surface area contributed by atoms with Gasteiger partial charge in [-0.3, -0.25) is 19.1 Å². The first-order valence-electron chi connectivity index (χ1n) is 10.7. The van der Waals surface area contributed by atoms with E-state index in [1.165, 1.54) is 55.5 Å². The standard InChI is InChI=1S/C25H23N3O5S/c1-17(29)18-9-13-23(14-10-18)34(32,33)27-20-11-7-19(8-12-20)25(31)26-21-4-2-5-22(16-21)28-15-3-6-24(28)30/h2,4-5,7-14,16,27H,3,6,15H2,1H3,(H,26,31). The van der Waals surface area contributed by atoms with Gasteiger partial charge in [0, 0.05) is 41.2 Å². The summed E-state index contributed by atoms with van der Waals surface area (Å²) in [7, 11) is -3.85. The Morgan fingerprint density at radius 2 is 1.56 bits per heavy atom. The van der Waals surface area contributed by atoms with Crippen molar-refractivity contribution in [2.75, 3.05) is 21.5 Å². The van der Waals surface area contributed by atoms with Gasteiger partial charge >= 0.3 is 0 Å². The van der Waals surface area contributed by atoms with Crippen LogP contribution in [0.5, 0.6) is 0 Å². The molecule has 0 saturated carbocycles. The Morgan fingerprint density at radius 3 is 2.18 bits per heavy atom. The second-order valence-corrected chi connectivity index (χ2v) is 9.60. The molecule has 1 heterocycles. The summed E-state index contributed by atoms with van der Waals surface area (Å²) in [5.41, 5.74) is 2.35. The van der Waals surface area contributed by atoms with Crippen LogP contribution in [0.2, 0.25) is 0 Å². The highest BCUT2D eigenvalue weighted by Crippen LogP contribution is 2.25. The van der Waals surface area contributed by atoms with Gasteiger partial charge in [0.1, 0.15) is 0 Å². The fourth-order valence-electron chi connectivity index (χ4n) is 3.65. The van der Waals surface area contributed by atoms with E-state index in [1.807, 2.05) is 6.07 Å². The lowest BCUT2D eigenvalue weighted by Crippen LogP contribution is -2.23. The summed E-state index contributed by atoms with van der Waals surface area (Å²) in [4.78, 5) is 37.7. The highest BCUT2D eigenvalue weighted by molar-refractivity contribution is 7.92. The lowest BCUT2D eigenvalue weighted by atomic mass is 10.2. The topological polar surface area (TPSA) is 113 Å². The van der Waals surface area contributed by atoms with Crippen molar-refractivity contribution in [3.63, 3.8) is 0 Å². The number of amides is 2. The van der Waals surface area contributed by atoms with Gasteiger partial charge in [-0.05, 0) is 67.9 Å². The second-order valence-electron chi connectivity index (χ2n) is 7.92. The van der Waals surface area contributed by atoms with Gasteiger partial charge in [0.05, 0.1) is 4.90 Å². The molecule has 0 aromatic heterocycles. The molecule has 0 bridgehead atoms. The summed E-state index contributed by atoms with van der Waals surface area (Å²) < 4.78 is 27.7. The van der Waals surface area contributed by atoms with Gasteiger partial charge in [-0.2, -0.15) is 0 Å². The summed E-state index contributed by atoms with van der Waals surface area (Å²) in [5.74, 6) is -0.447. The number of Topliss-reactive ketones (excluding diaryl/α,β-unsaturated/α-hetero) is 1. The van der Waals surface area contributed by atoms with Crippen LogP contribution >= 0.6 is 0 Å². The largest absolute Gasteiger partial charge is 0.322 e. The molecule has 4 rings (SSSR count). The smallest absolute Gasteiger partial charge is 0.261 e. The van der Waals surface area contributed by atoms with E-state index in [0.717, 1.165) is 12.1 Å². The second kappa shape index (κ2) is 9.48. The number of hydrogen-bond donors (Lipinski definition) is 2. The summed E-state index contributed by atoms with van der Waals surface area (Å²) in [6, 6.07) is 18.8. The average molecular weight is 478 g/mol. The lowest BCUT2D eigenvalue weighted by Gasteiger charge is -2.16. The van der Waals surface area contributed by atoms with Gasteiger partial charge in [-0.1, -0.05) is 18.2 Å². The Labute approximate surface area is 197 Å². The first-order valence-corrected chi connectivity index (χ1v) is 12.2. The number of anilines is 3. The van der Waals surface area contributed by atoms with Crippen molar-refractivity contribution in [3.05, 3.63) is 83.9 Å². The van der Waals surface area contributed by atoms with E-state index < -0.39 is 10.0 Å². The molecule has 0 aliphatic carbocycles. The number of rotatable bonds is 7. The van der Waals surface area contributed by atoms with Crippen molar-refractivity contribution in [3.8, 4) is 0 Å². The molecule has 0 unspecified atom stereocenters. The molecule has 34 heavy (non-hydrogen) atoms. The number of sulfonamides is 1. The molecule has 2 N–H and O–H groups in total. The van der Waals surface area contributed by atoms with Crippen molar-refractivity contribution in [2.24, 2.45) is 0 Å². The van der Waals surface area contributed by atoms with Crippen LogP contribution in [-0.4, -0.2) is 32.6 Å². The molecule has 3 aromatic carbocycles. The maximum Gasteiger partial charge on any atom is 0.261 e. The maximum absolute atomic E-state index is 12.7. The van der Waals surface area contributed by atoms with Crippen molar-refractivity contribution in [1.82, 2.24) is 0 Å². The van der Waals surface area contributed by atoms with E-state index in [9.17, 15) is 22.8 Å². The van der Waals surface area contributed by atoms with E-state index in [4.69, 9.17) is 0 Å². The van der Waals surface area contributed by atoms with Crippen LogP contribution in [-0.2, 0) is 14.8 Å². The molecule has 1 fully saturated rings. The van der Waals surface area contributed by atoms with E-state index >= 15 is 0 Å². The number of carbonyl (C=O) groups is 3. The van der Waals surface area contributed by atoms with E-state index in [-0.39, 0.29) is 22.5 Å². The number of ketones is 1. The van der Waals surface area contributed by atoms with E-state index in [0.29, 0.717) is 35.5 Å². The van der Waals surface area contributed by atoms with Crippen molar-refractivity contribution < 1.29 is 22.8 Å². The molecule has 174 valence electrons. The summed E-state index contributed by atoms with van der Waals surface area (Å²) >= 11 is 0. The first kappa shape index (κ1) is 23.2. The van der Waals surface area contributed by atoms with Gasteiger partial charge in [-0.25, -0.2) is 8.42 Å². The van der Waals surface area contributed by atoms with Crippen LogP contribution in [0.1, 0.15) is 40.5 Å². The molecule has 3 aromatic rings. The molecular weight excluding hydrogens is 454 g/mol. The Morgan fingerprint density at radius 1 is 0.882 bits per heavy atom. The average Bonchev–Trinajstić information content (AvgIpc) is 3.25. The quantitative estimate of drug-likeness (QED) is 0.498. The minimum Gasteiger partial charge on any atom is -0.322 e. The fourth-order valence-corrected chi connectivity index (χ4v) is 4.71. The highest BCUT2D eigenvalue weighted by atomic mass is 32.2. The molecule has 2 amide bonds. The number of benzene rings is 3. The van der Waals surface area contributed by atoms with Crippen LogP contribution in [0.15, 0.2) is 77.7 Å². The van der Waals surface area contributed by atoms with Crippen LogP contribution in [0.4, 0.5) is 17.1 Å². The van der Waals surface area contributed by atoms with Gasteiger partial charge in [-0.15, -0.1) is 0 Å². The zero-order valence-electron chi connectivity index (χ0n) is 18.4. The van der Waals surface area contributed by atoms with Crippen molar-refractivity contribution in [1.29, 1.82) is 0 Å². The molecule has 9 heteroatoms. The molecule has 8 nitrogen and oxygen atoms in total.